The molecular formula is C16H17N3. The number of nitrogens with two attached hydrogens (primary N) is 1. The lowest BCUT2D eigenvalue weighted by Gasteiger charge is -2.14. The van der Waals surface area contributed by atoms with Crippen LogP contribution in [0.25, 0.3) is 11.1 Å². The van der Waals surface area contributed by atoms with Crippen molar-refractivity contribution in [1.82, 2.24) is 5.01 Å². The van der Waals surface area contributed by atoms with Crippen LogP contribution in [0.1, 0.15) is 12.0 Å². The Balaban J connectivity index is 1.81. The molecule has 0 atom stereocenters. The molecule has 0 saturated heterocycles. The van der Waals surface area contributed by atoms with Gasteiger partial charge >= 0.3 is 0 Å². The Morgan fingerprint density at radius 1 is 1.00 bits per heavy atom. The van der Waals surface area contributed by atoms with Gasteiger partial charge in [-0.05, 0) is 22.8 Å². The number of nitrogens with zero attached hydrogens (tertiary/aromatic N) is 2. The number of benzene rings is 2. The summed E-state index contributed by atoms with van der Waals surface area (Å²) in [5, 5.41) is 6.34. The fourth-order valence-corrected chi connectivity index (χ4v) is 2.33. The highest BCUT2D eigenvalue weighted by molar-refractivity contribution is 5.81. The minimum Gasteiger partial charge on any atom is -0.386 e. The quantitative estimate of drug-likeness (QED) is 0.911. The molecule has 1 aliphatic rings. The second kappa shape index (κ2) is 5.14. The molecule has 19 heavy (non-hydrogen) atoms. The van der Waals surface area contributed by atoms with E-state index in [1.165, 1.54) is 16.7 Å². The highest BCUT2D eigenvalue weighted by Gasteiger charge is 2.11. The fourth-order valence-electron chi connectivity index (χ4n) is 2.33. The molecule has 3 rings (SSSR count). The molecule has 2 N–H and O–H groups in total. The molecule has 0 saturated carbocycles. The van der Waals surface area contributed by atoms with Crippen LogP contribution in [0.5, 0.6) is 0 Å². The van der Waals surface area contributed by atoms with Crippen molar-refractivity contribution in [2.45, 2.75) is 13.0 Å². The summed E-state index contributed by atoms with van der Waals surface area (Å²) in [7, 11) is 0. The molecule has 1 aliphatic heterocycles. The molecule has 0 bridgehead atoms. The second-order valence-corrected chi connectivity index (χ2v) is 4.80. The van der Waals surface area contributed by atoms with Gasteiger partial charge in [-0.25, -0.2) is 0 Å². The first kappa shape index (κ1) is 11.8. The molecule has 2 aromatic rings. The van der Waals surface area contributed by atoms with Gasteiger partial charge in [0.2, 0.25) is 0 Å². The van der Waals surface area contributed by atoms with Gasteiger partial charge < -0.3 is 5.73 Å². The normalized spacial score (nSPS) is 14.5. The Hall–Kier alpha value is -2.29. The van der Waals surface area contributed by atoms with E-state index < -0.39 is 0 Å². The third-order valence-electron chi connectivity index (χ3n) is 3.30. The third kappa shape index (κ3) is 2.76. The van der Waals surface area contributed by atoms with E-state index in [0.717, 1.165) is 25.3 Å². The lowest BCUT2D eigenvalue weighted by Crippen LogP contribution is -2.13. The standard InChI is InChI=1S/C16H17N3/c17-16-9-10-19(18-16)12-13-5-4-8-15(11-13)14-6-2-1-3-7-14/h1-8,11H,9-10,12H2,(H2,17,18). The topological polar surface area (TPSA) is 41.6 Å². The van der Waals surface area contributed by atoms with E-state index in [9.17, 15) is 0 Å². The zero-order valence-electron chi connectivity index (χ0n) is 10.8. The minimum absolute atomic E-state index is 0.735. The van der Waals surface area contributed by atoms with E-state index in [1.807, 2.05) is 11.1 Å². The van der Waals surface area contributed by atoms with Gasteiger partial charge in [-0.1, -0.05) is 48.5 Å². The van der Waals surface area contributed by atoms with Crippen molar-refractivity contribution in [3.05, 3.63) is 60.2 Å². The summed E-state index contributed by atoms with van der Waals surface area (Å²) in [5.41, 5.74) is 9.46. The van der Waals surface area contributed by atoms with Crippen LogP contribution in [0, 0.1) is 0 Å². The van der Waals surface area contributed by atoms with Crippen LogP contribution in [0.4, 0.5) is 0 Å². The first-order chi connectivity index (χ1) is 9.31. The van der Waals surface area contributed by atoms with Crippen LogP contribution in [0.2, 0.25) is 0 Å². The van der Waals surface area contributed by atoms with Gasteiger partial charge in [-0.2, -0.15) is 5.10 Å². The molecule has 96 valence electrons. The molecular weight excluding hydrogens is 234 g/mol. The molecule has 0 aromatic heterocycles. The Morgan fingerprint density at radius 3 is 2.53 bits per heavy atom. The van der Waals surface area contributed by atoms with Crippen molar-refractivity contribution in [1.29, 1.82) is 0 Å². The number of hydrazone groups is 1. The first-order valence-electron chi connectivity index (χ1n) is 6.53. The average Bonchev–Trinajstić information content (AvgIpc) is 2.85. The van der Waals surface area contributed by atoms with Gasteiger partial charge in [-0.3, -0.25) is 5.01 Å². The molecule has 1 heterocycles. The molecule has 0 unspecified atom stereocenters. The number of rotatable bonds is 3. The fraction of sp³-hybridized carbons (Fsp3) is 0.188. The molecule has 3 nitrogen and oxygen atoms in total. The number of amidine groups is 1. The second-order valence-electron chi connectivity index (χ2n) is 4.80. The summed E-state index contributed by atoms with van der Waals surface area (Å²) < 4.78 is 0. The van der Waals surface area contributed by atoms with Gasteiger partial charge in [0.15, 0.2) is 0 Å². The Kier molecular flexibility index (Phi) is 3.19. The van der Waals surface area contributed by atoms with Crippen molar-refractivity contribution in [3.8, 4) is 11.1 Å². The summed E-state index contributed by atoms with van der Waals surface area (Å²) in [6.07, 6.45) is 0.873. The van der Waals surface area contributed by atoms with Crippen LogP contribution < -0.4 is 5.73 Å². The van der Waals surface area contributed by atoms with E-state index >= 15 is 0 Å². The largest absolute Gasteiger partial charge is 0.386 e. The smallest absolute Gasteiger partial charge is 0.121 e. The van der Waals surface area contributed by atoms with Gasteiger partial charge in [0, 0.05) is 13.0 Å². The Morgan fingerprint density at radius 2 is 1.79 bits per heavy atom. The minimum atomic E-state index is 0.735. The van der Waals surface area contributed by atoms with Gasteiger partial charge in [-0.15, -0.1) is 0 Å². The van der Waals surface area contributed by atoms with Crippen molar-refractivity contribution < 1.29 is 0 Å². The van der Waals surface area contributed by atoms with Crippen LogP contribution in [0.3, 0.4) is 0 Å². The van der Waals surface area contributed by atoms with Crippen LogP contribution in [-0.4, -0.2) is 17.4 Å². The highest BCUT2D eigenvalue weighted by Crippen LogP contribution is 2.21. The lowest BCUT2D eigenvalue weighted by atomic mass is 10.0. The molecule has 0 spiro atoms. The van der Waals surface area contributed by atoms with Gasteiger partial charge in [0.1, 0.15) is 5.84 Å². The van der Waals surface area contributed by atoms with E-state index in [-0.39, 0.29) is 0 Å². The van der Waals surface area contributed by atoms with Gasteiger partial charge in [0.25, 0.3) is 0 Å². The molecule has 2 aromatic carbocycles. The van der Waals surface area contributed by atoms with E-state index in [2.05, 4.69) is 53.6 Å². The van der Waals surface area contributed by atoms with E-state index in [4.69, 9.17) is 5.73 Å². The van der Waals surface area contributed by atoms with Crippen molar-refractivity contribution in [2.24, 2.45) is 10.8 Å². The van der Waals surface area contributed by atoms with Crippen molar-refractivity contribution >= 4 is 5.84 Å². The maximum absolute atomic E-state index is 5.71. The van der Waals surface area contributed by atoms with Crippen LogP contribution in [-0.2, 0) is 6.54 Å². The predicted octanol–water partition coefficient (Wildman–Crippen LogP) is 2.83. The van der Waals surface area contributed by atoms with Crippen LogP contribution >= 0.6 is 0 Å². The lowest BCUT2D eigenvalue weighted by molar-refractivity contribution is 0.310. The van der Waals surface area contributed by atoms with E-state index in [0.29, 0.717) is 0 Å². The average molecular weight is 251 g/mol. The predicted molar refractivity (Wildman–Crippen MR) is 78.5 cm³/mol. The van der Waals surface area contributed by atoms with E-state index in [1.54, 1.807) is 0 Å². The Labute approximate surface area is 113 Å². The Bertz CT molecular complexity index is 590. The zero-order valence-corrected chi connectivity index (χ0v) is 10.8. The molecule has 0 aliphatic carbocycles. The number of hydrogen-bond donors (Lipinski definition) is 1. The first-order valence-corrected chi connectivity index (χ1v) is 6.53. The summed E-state index contributed by atoms with van der Waals surface area (Å²) in [4.78, 5) is 0. The monoisotopic (exact) mass is 251 g/mol. The highest BCUT2D eigenvalue weighted by atomic mass is 15.5. The van der Waals surface area contributed by atoms with Crippen molar-refractivity contribution in [2.75, 3.05) is 6.54 Å². The summed E-state index contributed by atoms with van der Waals surface area (Å²) in [6, 6.07) is 19.0. The summed E-state index contributed by atoms with van der Waals surface area (Å²) in [5.74, 6) is 0.735. The van der Waals surface area contributed by atoms with Crippen molar-refractivity contribution in [3.63, 3.8) is 0 Å². The molecule has 0 radical (unpaired) electrons. The van der Waals surface area contributed by atoms with Gasteiger partial charge in [0.05, 0.1) is 6.54 Å². The SMILES string of the molecule is NC1=NN(Cc2cccc(-c3ccccc3)c2)CC1. The zero-order chi connectivity index (χ0) is 13.1. The third-order valence-corrected chi connectivity index (χ3v) is 3.30. The summed E-state index contributed by atoms with van der Waals surface area (Å²) >= 11 is 0. The molecule has 0 amide bonds. The molecule has 0 fully saturated rings. The maximum atomic E-state index is 5.71. The number of hydrogen-bond acceptors (Lipinski definition) is 3. The maximum Gasteiger partial charge on any atom is 0.121 e. The summed E-state index contributed by atoms with van der Waals surface area (Å²) in [6.45, 7) is 1.74. The molecule has 3 heteroatoms. The van der Waals surface area contributed by atoms with Crippen LogP contribution in [0.15, 0.2) is 59.7 Å².